The van der Waals surface area contributed by atoms with Gasteiger partial charge >= 0.3 is 0 Å². The van der Waals surface area contributed by atoms with E-state index in [1.807, 2.05) is 12.1 Å². The second kappa shape index (κ2) is 11.8. The molecule has 0 aliphatic carbocycles. The van der Waals surface area contributed by atoms with Crippen molar-refractivity contribution in [3.05, 3.63) is 29.8 Å². The number of benzene rings is 1. The van der Waals surface area contributed by atoms with E-state index in [-0.39, 0.29) is 5.91 Å². The highest BCUT2D eigenvalue weighted by atomic mass is 33.1. The first-order chi connectivity index (χ1) is 10.7. The molecule has 0 saturated carbocycles. The molecule has 0 fully saturated rings. The average Bonchev–Trinajstić information content (AvgIpc) is 2.53. The minimum absolute atomic E-state index is 0.139. The molecule has 1 aromatic rings. The first-order valence-electron chi connectivity index (χ1n) is 7.77. The van der Waals surface area contributed by atoms with Gasteiger partial charge in [0.15, 0.2) is 0 Å². The lowest BCUT2D eigenvalue weighted by molar-refractivity contribution is -0.116. The Labute approximate surface area is 141 Å². The SMILES string of the molecule is CCCCCc1ccc(NC(=O)[C@H](N)CSSCCN)cc1. The van der Waals surface area contributed by atoms with Crippen LogP contribution in [-0.4, -0.2) is 30.0 Å². The van der Waals surface area contributed by atoms with Crippen molar-refractivity contribution in [3.8, 4) is 0 Å². The van der Waals surface area contributed by atoms with Crippen molar-refractivity contribution < 1.29 is 4.79 Å². The zero-order valence-electron chi connectivity index (χ0n) is 13.2. The van der Waals surface area contributed by atoms with Crippen molar-refractivity contribution >= 4 is 33.2 Å². The van der Waals surface area contributed by atoms with Crippen molar-refractivity contribution in [2.45, 2.75) is 38.6 Å². The van der Waals surface area contributed by atoms with Gasteiger partial charge in [-0.05, 0) is 30.5 Å². The first-order valence-corrected chi connectivity index (χ1v) is 10.3. The normalized spacial score (nSPS) is 12.1. The summed E-state index contributed by atoms with van der Waals surface area (Å²) in [7, 11) is 3.24. The number of amides is 1. The van der Waals surface area contributed by atoms with Gasteiger partial charge in [0.2, 0.25) is 5.91 Å². The molecular formula is C16H27N3OS2. The molecule has 0 bridgehead atoms. The van der Waals surface area contributed by atoms with E-state index in [9.17, 15) is 4.79 Å². The summed E-state index contributed by atoms with van der Waals surface area (Å²) in [6, 6.07) is 7.54. The van der Waals surface area contributed by atoms with Gasteiger partial charge < -0.3 is 16.8 Å². The Morgan fingerprint density at radius 3 is 2.59 bits per heavy atom. The fourth-order valence-corrected chi connectivity index (χ4v) is 3.85. The zero-order valence-corrected chi connectivity index (χ0v) is 14.8. The van der Waals surface area contributed by atoms with Crippen molar-refractivity contribution in [1.29, 1.82) is 0 Å². The van der Waals surface area contributed by atoms with Gasteiger partial charge in [-0.1, -0.05) is 53.5 Å². The van der Waals surface area contributed by atoms with Crippen molar-refractivity contribution in [1.82, 2.24) is 0 Å². The molecule has 4 nitrogen and oxygen atoms in total. The summed E-state index contributed by atoms with van der Waals surface area (Å²) in [5, 5.41) is 2.87. The maximum Gasteiger partial charge on any atom is 0.242 e. The minimum Gasteiger partial charge on any atom is -0.330 e. The van der Waals surface area contributed by atoms with Crippen LogP contribution in [0.5, 0.6) is 0 Å². The molecule has 0 unspecified atom stereocenters. The van der Waals surface area contributed by atoms with E-state index < -0.39 is 6.04 Å². The first kappa shape index (κ1) is 19.4. The average molecular weight is 342 g/mol. The van der Waals surface area contributed by atoms with E-state index >= 15 is 0 Å². The topological polar surface area (TPSA) is 81.1 Å². The van der Waals surface area contributed by atoms with Crippen LogP contribution in [0.3, 0.4) is 0 Å². The Balaban J connectivity index is 2.34. The number of carbonyl (C=O) groups excluding carboxylic acids is 1. The number of aryl methyl sites for hydroxylation is 1. The van der Waals surface area contributed by atoms with Crippen LogP contribution < -0.4 is 16.8 Å². The number of anilines is 1. The summed E-state index contributed by atoms with van der Waals surface area (Å²) in [5.74, 6) is 1.32. The fraction of sp³-hybridized carbons (Fsp3) is 0.562. The third-order valence-electron chi connectivity index (χ3n) is 3.16. The Kier molecular flexibility index (Phi) is 10.4. The number of carbonyl (C=O) groups is 1. The van der Waals surface area contributed by atoms with Crippen molar-refractivity contribution in [2.75, 3.05) is 23.4 Å². The lowest BCUT2D eigenvalue weighted by atomic mass is 10.1. The molecule has 0 spiro atoms. The molecule has 1 rings (SSSR count). The molecule has 0 aromatic heterocycles. The van der Waals surface area contributed by atoms with Crippen LogP contribution in [0.15, 0.2) is 24.3 Å². The monoisotopic (exact) mass is 341 g/mol. The highest BCUT2D eigenvalue weighted by Crippen LogP contribution is 2.21. The Bertz CT molecular complexity index is 426. The molecule has 5 N–H and O–H groups in total. The maximum atomic E-state index is 12.0. The third kappa shape index (κ3) is 8.08. The standard InChI is InChI=1S/C16H27N3OS2/c1-2-3-4-5-13-6-8-14(9-7-13)19-16(20)15(18)12-22-21-11-10-17/h6-9,15H,2-5,10-12,17-18H2,1H3,(H,19,20)/t15-/m1/s1. The maximum absolute atomic E-state index is 12.0. The van der Waals surface area contributed by atoms with Crippen molar-refractivity contribution in [3.63, 3.8) is 0 Å². The second-order valence-corrected chi connectivity index (χ2v) is 7.77. The predicted molar refractivity (Wildman–Crippen MR) is 100 cm³/mol. The molecule has 1 atom stereocenters. The Hall–Kier alpha value is -0.690. The number of hydrogen-bond donors (Lipinski definition) is 3. The van der Waals surface area contributed by atoms with Gasteiger partial charge in [-0.2, -0.15) is 0 Å². The molecule has 22 heavy (non-hydrogen) atoms. The zero-order chi connectivity index (χ0) is 16.2. The highest BCUT2D eigenvalue weighted by Gasteiger charge is 2.13. The number of nitrogens with one attached hydrogen (secondary N) is 1. The summed E-state index contributed by atoms with van der Waals surface area (Å²) >= 11 is 0. The second-order valence-electron chi connectivity index (χ2n) is 5.14. The molecule has 6 heteroatoms. The van der Waals surface area contributed by atoms with Crippen LogP contribution in [-0.2, 0) is 11.2 Å². The molecule has 0 radical (unpaired) electrons. The van der Waals surface area contributed by atoms with Crippen LogP contribution in [0, 0.1) is 0 Å². The number of hydrogen-bond acceptors (Lipinski definition) is 5. The molecule has 0 heterocycles. The third-order valence-corrected chi connectivity index (χ3v) is 5.63. The summed E-state index contributed by atoms with van der Waals surface area (Å²) < 4.78 is 0. The van der Waals surface area contributed by atoms with E-state index in [1.165, 1.54) is 24.8 Å². The van der Waals surface area contributed by atoms with Gasteiger partial charge in [0.05, 0.1) is 6.04 Å². The van der Waals surface area contributed by atoms with Gasteiger partial charge in [0.1, 0.15) is 0 Å². The largest absolute Gasteiger partial charge is 0.330 e. The van der Waals surface area contributed by atoms with E-state index in [0.717, 1.165) is 17.9 Å². The van der Waals surface area contributed by atoms with Gasteiger partial charge in [-0.25, -0.2) is 0 Å². The molecule has 0 aliphatic rings. The highest BCUT2D eigenvalue weighted by molar-refractivity contribution is 8.76. The smallest absolute Gasteiger partial charge is 0.242 e. The number of unbranched alkanes of at least 4 members (excludes halogenated alkanes) is 2. The van der Waals surface area contributed by atoms with Gasteiger partial charge in [0.25, 0.3) is 0 Å². The van der Waals surface area contributed by atoms with E-state index in [0.29, 0.717) is 12.3 Å². The Morgan fingerprint density at radius 1 is 1.23 bits per heavy atom. The number of rotatable bonds is 11. The predicted octanol–water partition coefficient (Wildman–Crippen LogP) is 3.03. The molecule has 124 valence electrons. The van der Waals surface area contributed by atoms with E-state index in [1.54, 1.807) is 21.6 Å². The molecular weight excluding hydrogens is 314 g/mol. The number of nitrogens with two attached hydrogens (primary N) is 2. The van der Waals surface area contributed by atoms with Crippen LogP contribution in [0.4, 0.5) is 5.69 Å². The molecule has 1 aromatic carbocycles. The van der Waals surface area contributed by atoms with Crippen LogP contribution in [0.1, 0.15) is 31.7 Å². The van der Waals surface area contributed by atoms with Crippen LogP contribution >= 0.6 is 21.6 Å². The van der Waals surface area contributed by atoms with E-state index in [4.69, 9.17) is 11.5 Å². The quantitative estimate of drug-likeness (QED) is 0.426. The summed E-state index contributed by atoms with van der Waals surface area (Å²) in [4.78, 5) is 12.0. The minimum atomic E-state index is -0.500. The van der Waals surface area contributed by atoms with E-state index in [2.05, 4.69) is 24.4 Å². The molecule has 0 aliphatic heterocycles. The summed E-state index contributed by atoms with van der Waals surface area (Å²) in [6.45, 7) is 2.85. The fourth-order valence-electron chi connectivity index (χ4n) is 1.87. The van der Waals surface area contributed by atoms with Crippen LogP contribution in [0.25, 0.3) is 0 Å². The van der Waals surface area contributed by atoms with Crippen LogP contribution in [0.2, 0.25) is 0 Å². The lowest BCUT2D eigenvalue weighted by Crippen LogP contribution is -2.37. The van der Waals surface area contributed by atoms with Gasteiger partial charge in [-0.15, -0.1) is 0 Å². The van der Waals surface area contributed by atoms with Gasteiger partial charge in [0, 0.05) is 23.7 Å². The van der Waals surface area contributed by atoms with Gasteiger partial charge in [-0.3, -0.25) is 4.79 Å². The Morgan fingerprint density at radius 2 is 1.95 bits per heavy atom. The molecule has 1 amide bonds. The lowest BCUT2D eigenvalue weighted by Gasteiger charge is -2.12. The molecule has 0 saturated heterocycles. The van der Waals surface area contributed by atoms with Crippen molar-refractivity contribution in [2.24, 2.45) is 11.5 Å². The summed E-state index contributed by atoms with van der Waals surface area (Å²) in [6.07, 6.45) is 4.79. The summed E-state index contributed by atoms with van der Waals surface area (Å²) in [5.41, 5.74) is 13.4.